The molecule has 0 spiro atoms. The first-order valence-electron chi connectivity index (χ1n) is 8.71. The van der Waals surface area contributed by atoms with E-state index >= 15 is 0 Å². The van der Waals surface area contributed by atoms with Crippen molar-refractivity contribution >= 4 is 27.5 Å². The van der Waals surface area contributed by atoms with E-state index in [-0.39, 0.29) is 22.2 Å². The van der Waals surface area contributed by atoms with Gasteiger partial charge in [0.2, 0.25) is 0 Å². The van der Waals surface area contributed by atoms with Gasteiger partial charge in [-0.3, -0.25) is 9.59 Å². The Hall–Kier alpha value is -2.65. The number of hydrogen-bond donors (Lipinski definition) is 2. The fraction of sp³-hybridized carbons (Fsp3) is 0.333. The highest BCUT2D eigenvalue weighted by molar-refractivity contribution is 7.90. The van der Waals surface area contributed by atoms with Crippen LogP contribution in [0.5, 0.6) is 0 Å². The fourth-order valence-electron chi connectivity index (χ4n) is 3.34. The molecule has 2 aliphatic heterocycles. The summed E-state index contributed by atoms with van der Waals surface area (Å²) >= 11 is 0. The smallest absolute Gasteiger partial charge is 0.273 e. The molecule has 2 N–H and O–H groups in total. The standard InChI is InChI=1S/C18H19N3O5S/c22-17(19-7-5-12-6-9-26-11-12)13-3-4-16-14(10-13)20-18(23)15-2-1-8-21(15)27(16,24)25/h1-4,8,10,12H,5-7,9,11H2,(H,19,22)(H,20,23)/t12-/m1/s1. The van der Waals surface area contributed by atoms with Crippen molar-refractivity contribution < 1.29 is 22.7 Å². The number of carbonyl (C=O) groups excluding carboxylic acids is 2. The Morgan fingerprint density at radius 2 is 2.19 bits per heavy atom. The summed E-state index contributed by atoms with van der Waals surface area (Å²) in [4.78, 5) is 24.6. The molecule has 1 aromatic carbocycles. The monoisotopic (exact) mass is 389 g/mol. The molecule has 1 aromatic heterocycles. The maximum atomic E-state index is 12.8. The minimum absolute atomic E-state index is 0.0241. The number of hydrogen-bond acceptors (Lipinski definition) is 5. The van der Waals surface area contributed by atoms with E-state index in [0.29, 0.717) is 18.0 Å². The second kappa shape index (κ2) is 6.82. The fourth-order valence-corrected chi connectivity index (χ4v) is 4.81. The van der Waals surface area contributed by atoms with Crippen LogP contribution in [-0.4, -0.2) is 44.0 Å². The van der Waals surface area contributed by atoms with Gasteiger partial charge in [0.1, 0.15) is 10.6 Å². The molecule has 1 fully saturated rings. The van der Waals surface area contributed by atoms with Crippen LogP contribution >= 0.6 is 0 Å². The van der Waals surface area contributed by atoms with Gasteiger partial charge >= 0.3 is 0 Å². The molecular formula is C18H19N3O5S. The number of aromatic nitrogens is 1. The van der Waals surface area contributed by atoms with Gasteiger partial charge in [0.05, 0.1) is 5.69 Å². The lowest BCUT2D eigenvalue weighted by atomic mass is 10.1. The van der Waals surface area contributed by atoms with E-state index in [1.165, 1.54) is 36.5 Å². The van der Waals surface area contributed by atoms with Crippen molar-refractivity contribution in [2.45, 2.75) is 17.7 Å². The van der Waals surface area contributed by atoms with Gasteiger partial charge in [-0.1, -0.05) is 0 Å². The molecule has 1 atom stereocenters. The molecule has 0 unspecified atom stereocenters. The van der Waals surface area contributed by atoms with Gasteiger partial charge in [-0.2, -0.15) is 0 Å². The number of nitrogens with one attached hydrogen (secondary N) is 2. The van der Waals surface area contributed by atoms with Crippen molar-refractivity contribution in [2.24, 2.45) is 5.92 Å². The molecule has 8 nitrogen and oxygen atoms in total. The third kappa shape index (κ3) is 3.24. The first-order valence-corrected chi connectivity index (χ1v) is 10.1. The molecule has 0 saturated carbocycles. The van der Waals surface area contributed by atoms with E-state index in [4.69, 9.17) is 4.74 Å². The Balaban J connectivity index is 1.55. The van der Waals surface area contributed by atoms with Gasteiger partial charge in [-0.15, -0.1) is 0 Å². The number of carbonyl (C=O) groups is 2. The number of anilines is 1. The van der Waals surface area contributed by atoms with E-state index in [1.807, 2.05) is 0 Å². The molecule has 4 rings (SSSR count). The summed E-state index contributed by atoms with van der Waals surface area (Å²) < 4.78 is 31.8. The summed E-state index contributed by atoms with van der Waals surface area (Å²) in [6.07, 6.45) is 3.16. The van der Waals surface area contributed by atoms with Crippen LogP contribution < -0.4 is 10.6 Å². The van der Waals surface area contributed by atoms with Crippen molar-refractivity contribution in [3.8, 4) is 0 Å². The van der Waals surface area contributed by atoms with Crippen molar-refractivity contribution in [1.82, 2.24) is 9.29 Å². The number of nitrogens with zero attached hydrogens (tertiary/aromatic N) is 1. The average Bonchev–Trinajstić information content (AvgIpc) is 3.32. The highest BCUT2D eigenvalue weighted by atomic mass is 32.2. The Kier molecular flexibility index (Phi) is 4.48. The quantitative estimate of drug-likeness (QED) is 0.823. The van der Waals surface area contributed by atoms with Crippen LogP contribution in [0.25, 0.3) is 0 Å². The van der Waals surface area contributed by atoms with E-state index in [0.717, 1.165) is 30.0 Å². The topological polar surface area (TPSA) is 106 Å². The zero-order valence-corrected chi connectivity index (χ0v) is 15.3. The molecule has 2 amide bonds. The minimum Gasteiger partial charge on any atom is -0.381 e. The van der Waals surface area contributed by atoms with E-state index < -0.39 is 15.9 Å². The number of rotatable bonds is 4. The van der Waals surface area contributed by atoms with Crippen LogP contribution in [0.4, 0.5) is 5.69 Å². The first-order chi connectivity index (χ1) is 13.0. The third-order valence-electron chi connectivity index (χ3n) is 4.83. The Morgan fingerprint density at radius 1 is 1.33 bits per heavy atom. The lowest BCUT2D eigenvalue weighted by Gasteiger charge is -2.11. The average molecular weight is 389 g/mol. The SMILES string of the molecule is O=C(NCC[C@@H]1CCOC1)c1ccc2c(c1)NC(=O)c1cccn1S2(=O)=O. The predicted molar refractivity (Wildman–Crippen MR) is 97.3 cm³/mol. The van der Waals surface area contributed by atoms with Gasteiger partial charge in [0.15, 0.2) is 0 Å². The second-order valence-corrected chi connectivity index (χ2v) is 8.42. The molecule has 0 bridgehead atoms. The van der Waals surface area contributed by atoms with Gasteiger partial charge in [-0.25, -0.2) is 12.4 Å². The largest absolute Gasteiger partial charge is 0.381 e. The number of benzene rings is 1. The minimum atomic E-state index is -3.91. The zero-order valence-electron chi connectivity index (χ0n) is 14.5. The highest BCUT2D eigenvalue weighted by Gasteiger charge is 2.30. The number of fused-ring (bicyclic) bond motifs is 2. The van der Waals surface area contributed by atoms with E-state index in [2.05, 4.69) is 10.6 Å². The second-order valence-electron chi connectivity index (χ2n) is 6.63. The normalized spacial score (nSPS) is 20.3. The van der Waals surface area contributed by atoms with Gasteiger partial charge in [-0.05, 0) is 49.1 Å². The van der Waals surface area contributed by atoms with Crippen molar-refractivity contribution in [3.63, 3.8) is 0 Å². The Bertz CT molecular complexity index is 1010. The number of ether oxygens (including phenoxy) is 1. The van der Waals surface area contributed by atoms with Crippen LogP contribution in [0.15, 0.2) is 41.4 Å². The predicted octanol–water partition coefficient (Wildman–Crippen LogP) is 1.45. The molecule has 2 aliphatic rings. The maximum Gasteiger partial charge on any atom is 0.273 e. The van der Waals surface area contributed by atoms with Crippen molar-refractivity contribution in [3.05, 3.63) is 47.8 Å². The van der Waals surface area contributed by atoms with Crippen LogP contribution in [0.1, 0.15) is 33.7 Å². The molecule has 9 heteroatoms. The van der Waals surface area contributed by atoms with Crippen molar-refractivity contribution in [2.75, 3.05) is 25.1 Å². The highest BCUT2D eigenvalue weighted by Crippen LogP contribution is 2.29. The summed E-state index contributed by atoms with van der Waals surface area (Å²) in [7, 11) is -3.91. The molecule has 2 aromatic rings. The van der Waals surface area contributed by atoms with Gasteiger partial charge in [0, 0.05) is 31.5 Å². The molecule has 0 radical (unpaired) electrons. The molecule has 1 saturated heterocycles. The van der Waals surface area contributed by atoms with Crippen LogP contribution in [-0.2, 0) is 14.8 Å². The summed E-state index contributed by atoms with van der Waals surface area (Å²) in [5.74, 6) is -0.398. The summed E-state index contributed by atoms with van der Waals surface area (Å²) in [6, 6.07) is 7.11. The van der Waals surface area contributed by atoms with E-state index in [9.17, 15) is 18.0 Å². The summed E-state index contributed by atoms with van der Waals surface area (Å²) in [5, 5.41) is 5.41. The Labute approximate surface area is 156 Å². The molecule has 142 valence electrons. The van der Waals surface area contributed by atoms with Crippen LogP contribution in [0.3, 0.4) is 0 Å². The number of amides is 2. The Morgan fingerprint density at radius 3 is 2.96 bits per heavy atom. The maximum absolute atomic E-state index is 12.8. The van der Waals surface area contributed by atoms with Crippen molar-refractivity contribution in [1.29, 1.82) is 0 Å². The summed E-state index contributed by atoms with van der Waals surface area (Å²) in [6.45, 7) is 2.00. The molecule has 27 heavy (non-hydrogen) atoms. The zero-order chi connectivity index (χ0) is 19.0. The lowest BCUT2D eigenvalue weighted by Crippen LogP contribution is -2.26. The molecular weight excluding hydrogens is 370 g/mol. The summed E-state index contributed by atoms with van der Waals surface area (Å²) in [5.41, 5.74) is 0.412. The molecule has 3 heterocycles. The van der Waals surface area contributed by atoms with Crippen LogP contribution in [0, 0.1) is 5.92 Å². The molecule has 0 aliphatic carbocycles. The van der Waals surface area contributed by atoms with Gasteiger partial charge in [0.25, 0.3) is 21.8 Å². The van der Waals surface area contributed by atoms with E-state index in [1.54, 1.807) is 0 Å². The lowest BCUT2D eigenvalue weighted by molar-refractivity contribution is 0.0949. The van der Waals surface area contributed by atoms with Crippen LogP contribution in [0.2, 0.25) is 0 Å². The van der Waals surface area contributed by atoms with Gasteiger partial charge < -0.3 is 15.4 Å². The first kappa shape index (κ1) is 17.7. The third-order valence-corrected chi connectivity index (χ3v) is 6.58.